The van der Waals surface area contributed by atoms with Crippen molar-refractivity contribution in [1.29, 1.82) is 0 Å². The lowest BCUT2D eigenvalue weighted by molar-refractivity contribution is -0.321. The lowest BCUT2D eigenvalue weighted by Crippen LogP contribution is -2.44. The number of hydrogen-bond donors (Lipinski definition) is 1. The van der Waals surface area contributed by atoms with Crippen LogP contribution >= 0.6 is 0 Å². The van der Waals surface area contributed by atoms with Gasteiger partial charge in [-0.3, -0.25) is 0 Å². The van der Waals surface area contributed by atoms with Crippen molar-refractivity contribution in [3.05, 3.63) is 29.8 Å². The second-order valence-electron chi connectivity index (χ2n) is 4.18. The zero-order valence-corrected chi connectivity index (χ0v) is 10.3. The van der Waals surface area contributed by atoms with Crippen molar-refractivity contribution in [1.82, 2.24) is 0 Å². The molecule has 0 aliphatic rings. The molecule has 114 valence electrons. The summed E-state index contributed by atoms with van der Waals surface area (Å²) in [4.78, 5) is 0. The first-order chi connectivity index (χ1) is 9.10. The molecule has 0 aliphatic carbocycles. The molecule has 0 fully saturated rings. The summed E-state index contributed by atoms with van der Waals surface area (Å²) in [5, 5.41) is 0. The molecule has 0 heterocycles. The Morgan fingerprint density at radius 3 is 1.90 bits per heavy atom. The zero-order chi connectivity index (χ0) is 15.4. The van der Waals surface area contributed by atoms with Crippen molar-refractivity contribution < 1.29 is 31.1 Å². The minimum Gasteiger partial charge on any atom is -0.399 e. The van der Waals surface area contributed by atoms with E-state index in [1.54, 1.807) is 24.3 Å². The molecule has 0 unspecified atom stereocenters. The highest BCUT2D eigenvalue weighted by molar-refractivity contribution is 5.39. The van der Waals surface area contributed by atoms with E-state index in [1.165, 1.54) is 0 Å². The van der Waals surface area contributed by atoms with Crippen LogP contribution < -0.4 is 5.73 Å². The summed E-state index contributed by atoms with van der Waals surface area (Å²) < 4.78 is 76.9. The van der Waals surface area contributed by atoms with E-state index in [0.717, 1.165) is 5.56 Å². The van der Waals surface area contributed by atoms with Gasteiger partial charge >= 0.3 is 12.4 Å². The predicted molar refractivity (Wildman–Crippen MR) is 61.0 cm³/mol. The van der Waals surface area contributed by atoms with E-state index < -0.39 is 25.1 Å². The van der Waals surface area contributed by atoms with Crippen LogP contribution in [0.4, 0.5) is 32.0 Å². The number of aryl methyl sites for hydroxylation is 1. The number of ether oxygens (including phenoxy) is 1. The maximum Gasteiger partial charge on any atom is 0.423 e. The first-order valence-corrected chi connectivity index (χ1v) is 5.70. The summed E-state index contributed by atoms with van der Waals surface area (Å²) in [6.45, 7) is -0.631. The van der Waals surface area contributed by atoms with Crippen molar-refractivity contribution in [2.45, 2.75) is 31.3 Å². The van der Waals surface area contributed by atoms with Gasteiger partial charge in [-0.2, -0.15) is 26.3 Å². The van der Waals surface area contributed by atoms with Crippen molar-refractivity contribution >= 4 is 5.69 Å². The number of anilines is 1. The van der Waals surface area contributed by atoms with Gasteiger partial charge in [-0.1, -0.05) is 12.1 Å². The Kier molecular flexibility index (Phi) is 5.27. The summed E-state index contributed by atoms with van der Waals surface area (Å²) in [5.41, 5.74) is 6.73. The first kappa shape index (κ1) is 16.6. The van der Waals surface area contributed by atoms with E-state index in [-0.39, 0.29) is 6.42 Å². The fourth-order valence-electron chi connectivity index (χ4n) is 1.54. The predicted octanol–water partition coefficient (Wildman–Crippen LogP) is 3.71. The number of nitrogens with two attached hydrogens (primary N) is 1. The Labute approximate surface area is 111 Å². The van der Waals surface area contributed by atoms with Gasteiger partial charge in [0.05, 0.1) is 0 Å². The number of rotatable bonds is 5. The van der Waals surface area contributed by atoms with E-state index in [0.29, 0.717) is 12.1 Å². The third kappa shape index (κ3) is 5.28. The first-order valence-electron chi connectivity index (χ1n) is 5.70. The maximum atomic E-state index is 12.2. The third-order valence-corrected chi connectivity index (χ3v) is 2.47. The fraction of sp³-hybridized carbons (Fsp3) is 0.500. The summed E-state index contributed by atoms with van der Waals surface area (Å²) in [6.07, 6.45) is -14.3. The average Bonchev–Trinajstić information content (AvgIpc) is 2.27. The highest BCUT2D eigenvalue weighted by atomic mass is 19.4. The molecule has 8 heteroatoms. The van der Waals surface area contributed by atoms with E-state index in [1.807, 2.05) is 0 Å². The molecule has 1 aromatic carbocycles. The second kappa shape index (κ2) is 6.34. The van der Waals surface area contributed by atoms with E-state index >= 15 is 0 Å². The van der Waals surface area contributed by atoms with Crippen molar-refractivity contribution in [3.8, 4) is 0 Å². The van der Waals surface area contributed by atoms with Gasteiger partial charge in [0, 0.05) is 12.3 Å². The van der Waals surface area contributed by atoms with Gasteiger partial charge < -0.3 is 10.5 Å². The molecule has 0 aliphatic heterocycles. The second-order valence-corrected chi connectivity index (χ2v) is 4.18. The molecule has 0 aromatic heterocycles. The summed E-state index contributed by atoms with van der Waals surface area (Å²) in [7, 11) is 0. The molecule has 0 saturated heterocycles. The SMILES string of the molecule is Nc1ccc(CCCOC(C(F)(F)F)C(F)(F)F)cc1. The molecular weight excluding hydrogens is 288 g/mol. The van der Waals surface area contributed by atoms with Crippen LogP contribution in [0.15, 0.2) is 24.3 Å². The van der Waals surface area contributed by atoms with Gasteiger partial charge in [0.1, 0.15) is 0 Å². The van der Waals surface area contributed by atoms with Gasteiger partial charge in [0.25, 0.3) is 0 Å². The summed E-state index contributed by atoms with van der Waals surface area (Å²) in [5.74, 6) is 0. The fourth-order valence-corrected chi connectivity index (χ4v) is 1.54. The van der Waals surface area contributed by atoms with Crippen LogP contribution in [-0.4, -0.2) is 25.1 Å². The number of halogens is 6. The van der Waals surface area contributed by atoms with Gasteiger partial charge in [-0.05, 0) is 30.5 Å². The highest BCUT2D eigenvalue weighted by Crippen LogP contribution is 2.35. The molecule has 2 nitrogen and oxygen atoms in total. The highest BCUT2D eigenvalue weighted by Gasteiger charge is 2.57. The van der Waals surface area contributed by atoms with Crippen LogP contribution in [0.5, 0.6) is 0 Å². The summed E-state index contributed by atoms with van der Waals surface area (Å²) >= 11 is 0. The van der Waals surface area contributed by atoms with Crippen LogP contribution in [-0.2, 0) is 11.2 Å². The van der Waals surface area contributed by atoms with Gasteiger partial charge in [0.15, 0.2) is 0 Å². The van der Waals surface area contributed by atoms with Gasteiger partial charge in [0.2, 0.25) is 6.10 Å². The molecule has 0 saturated carbocycles. The monoisotopic (exact) mass is 301 g/mol. The standard InChI is InChI=1S/C12H13F6NO/c13-11(14,15)10(12(16,17)18)20-7-1-2-8-3-5-9(19)6-4-8/h3-6,10H,1-2,7,19H2. The topological polar surface area (TPSA) is 35.2 Å². The van der Waals surface area contributed by atoms with E-state index in [9.17, 15) is 26.3 Å². The van der Waals surface area contributed by atoms with Crippen LogP contribution in [0.25, 0.3) is 0 Å². The van der Waals surface area contributed by atoms with Crippen LogP contribution in [0.2, 0.25) is 0 Å². The van der Waals surface area contributed by atoms with Gasteiger partial charge in [-0.15, -0.1) is 0 Å². The molecule has 0 atom stereocenters. The van der Waals surface area contributed by atoms with E-state index in [4.69, 9.17) is 5.73 Å². The third-order valence-electron chi connectivity index (χ3n) is 2.47. The largest absolute Gasteiger partial charge is 0.423 e. The molecule has 2 N–H and O–H groups in total. The average molecular weight is 301 g/mol. The molecule has 20 heavy (non-hydrogen) atoms. The summed E-state index contributed by atoms with van der Waals surface area (Å²) in [6, 6.07) is 6.51. The lowest BCUT2D eigenvalue weighted by atomic mass is 10.1. The molecule has 0 amide bonds. The van der Waals surface area contributed by atoms with E-state index in [2.05, 4.69) is 4.74 Å². The quantitative estimate of drug-likeness (QED) is 0.511. The minimum atomic E-state index is -5.46. The number of benzene rings is 1. The minimum absolute atomic E-state index is 0.0482. The molecular formula is C12H13F6NO. The Bertz CT molecular complexity index is 397. The maximum absolute atomic E-state index is 12.2. The molecule has 0 radical (unpaired) electrons. The normalized spacial score (nSPS) is 12.9. The number of nitrogen functional groups attached to an aromatic ring is 1. The molecule has 0 bridgehead atoms. The van der Waals surface area contributed by atoms with Gasteiger partial charge in [-0.25, -0.2) is 0 Å². The molecule has 1 aromatic rings. The Morgan fingerprint density at radius 1 is 0.950 bits per heavy atom. The number of alkyl halides is 6. The van der Waals surface area contributed by atoms with Crippen molar-refractivity contribution in [2.24, 2.45) is 0 Å². The van der Waals surface area contributed by atoms with Crippen molar-refractivity contribution in [3.63, 3.8) is 0 Å². The van der Waals surface area contributed by atoms with Crippen LogP contribution in [0, 0.1) is 0 Å². The smallest absolute Gasteiger partial charge is 0.399 e. The number of hydrogen-bond acceptors (Lipinski definition) is 2. The van der Waals surface area contributed by atoms with Crippen LogP contribution in [0.1, 0.15) is 12.0 Å². The molecule has 1 rings (SSSR count). The lowest BCUT2D eigenvalue weighted by Gasteiger charge is -2.23. The van der Waals surface area contributed by atoms with Crippen LogP contribution in [0.3, 0.4) is 0 Å². The Morgan fingerprint density at radius 2 is 1.45 bits per heavy atom. The Hall–Kier alpha value is -1.44. The Balaban J connectivity index is 2.44. The molecule has 0 spiro atoms. The van der Waals surface area contributed by atoms with Crippen molar-refractivity contribution in [2.75, 3.05) is 12.3 Å². The zero-order valence-electron chi connectivity index (χ0n) is 10.3.